The molecule has 156 valence electrons. The molecular weight excluding hydrogens is 372 g/mol. The van der Waals surface area contributed by atoms with E-state index >= 15 is 0 Å². The van der Waals surface area contributed by atoms with E-state index in [2.05, 4.69) is 4.99 Å². The number of benzene rings is 1. The Morgan fingerprint density at radius 1 is 1.31 bits per heavy atom. The monoisotopic (exact) mass is 400 g/mol. The van der Waals surface area contributed by atoms with Gasteiger partial charge >= 0.3 is 6.09 Å². The summed E-state index contributed by atoms with van der Waals surface area (Å²) in [4.78, 5) is 32.7. The minimum Gasteiger partial charge on any atom is -0.446 e. The average Bonchev–Trinajstić information content (AvgIpc) is 2.61. The molecule has 0 bridgehead atoms. The predicted molar refractivity (Wildman–Crippen MR) is 113 cm³/mol. The van der Waals surface area contributed by atoms with Crippen LogP contribution in [-0.4, -0.2) is 56.2 Å². The second-order valence-electron chi connectivity index (χ2n) is 7.58. The van der Waals surface area contributed by atoms with Gasteiger partial charge in [0, 0.05) is 31.5 Å². The standard InChI is InChI=1S/C21H28N4O4/c1-13(2)29-21(27)24-10-14(3)25(15(4)26)19-6-5-16(7-20(19)24)17(8-22)9-23-18-11-28-12-18/h5-9,13-14,18H,10-12,22H2,1-4H3. The molecule has 0 radical (unpaired) electrons. The summed E-state index contributed by atoms with van der Waals surface area (Å²) in [5.74, 6) is -0.0792. The highest BCUT2D eigenvalue weighted by Crippen LogP contribution is 2.38. The van der Waals surface area contributed by atoms with Crippen LogP contribution in [-0.2, 0) is 14.3 Å². The van der Waals surface area contributed by atoms with Crippen LogP contribution in [0.4, 0.5) is 16.2 Å². The molecule has 1 aromatic rings. The maximum atomic E-state index is 12.7. The molecule has 8 nitrogen and oxygen atoms in total. The lowest BCUT2D eigenvalue weighted by Crippen LogP contribution is -2.51. The van der Waals surface area contributed by atoms with Gasteiger partial charge in [-0.05, 0) is 38.5 Å². The molecule has 2 N–H and O–H groups in total. The zero-order valence-corrected chi connectivity index (χ0v) is 17.3. The molecule has 3 rings (SSSR count). The Kier molecular flexibility index (Phi) is 6.22. The molecule has 2 heterocycles. The Labute approximate surface area is 171 Å². The van der Waals surface area contributed by atoms with Crippen molar-refractivity contribution in [2.24, 2.45) is 10.7 Å². The van der Waals surface area contributed by atoms with Gasteiger partial charge in [0.15, 0.2) is 0 Å². The number of carbonyl (C=O) groups is 2. The van der Waals surface area contributed by atoms with Crippen molar-refractivity contribution in [3.63, 3.8) is 0 Å². The van der Waals surface area contributed by atoms with Crippen molar-refractivity contribution in [2.75, 3.05) is 29.6 Å². The van der Waals surface area contributed by atoms with Crippen LogP contribution in [0.5, 0.6) is 0 Å². The fraction of sp³-hybridized carbons (Fsp3) is 0.476. The van der Waals surface area contributed by atoms with E-state index in [1.807, 2.05) is 25.1 Å². The number of hydrogen-bond acceptors (Lipinski definition) is 6. The lowest BCUT2D eigenvalue weighted by Gasteiger charge is -2.40. The highest BCUT2D eigenvalue weighted by atomic mass is 16.6. The van der Waals surface area contributed by atoms with Crippen LogP contribution in [0.25, 0.3) is 5.57 Å². The molecule has 2 aliphatic rings. The van der Waals surface area contributed by atoms with Gasteiger partial charge in [-0.2, -0.15) is 0 Å². The smallest absolute Gasteiger partial charge is 0.414 e. The van der Waals surface area contributed by atoms with E-state index in [4.69, 9.17) is 15.2 Å². The summed E-state index contributed by atoms with van der Waals surface area (Å²) in [5, 5.41) is 0. The largest absolute Gasteiger partial charge is 0.446 e. The summed E-state index contributed by atoms with van der Waals surface area (Å²) >= 11 is 0. The quantitative estimate of drug-likeness (QED) is 0.784. The van der Waals surface area contributed by atoms with Crippen molar-refractivity contribution < 1.29 is 19.1 Å². The van der Waals surface area contributed by atoms with Crippen molar-refractivity contribution >= 4 is 35.2 Å². The first kappa shape index (κ1) is 20.9. The number of carbonyl (C=O) groups excluding carboxylic acids is 2. The first-order valence-electron chi connectivity index (χ1n) is 9.77. The SMILES string of the molecule is CC(=O)N1c2ccc(C(C=NC3COC3)=CN)cc2N(C(=O)OC(C)C)CC1C. The van der Waals surface area contributed by atoms with Crippen LogP contribution < -0.4 is 15.5 Å². The molecule has 0 aliphatic carbocycles. The summed E-state index contributed by atoms with van der Waals surface area (Å²) in [6.07, 6.45) is 2.52. The van der Waals surface area contributed by atoms with Crippen molar-refractivity contribution in [3.8, 4) is 0 Å². The second kappa shape index (κ2) is 8.65. The number of aliphatic imine (C=N–C) groups is 1. The summed E-state index contributed by atoms with van der Waals surface area (Å²) in [7, 11) is 0. The van der Waals surface area contributed by atoms with Crippen LogP contribution in [0.15, 0.2) is 29.4 Å². The Morgan fingerprint density at radius 2 is 2.03 bits per heavy atom. The maximum Gasteiger partial charge on any atom is 0.414 e. The van der Waals surface area contributed by atoms with Crippen LogP contribution in [0, 0.1) is 0 Å². The van der Waals surface area contributed by atoms with E-state index < -0.39 is 6.09 Å². The Balaban J connectivity index is 2.00. The fourth-order valence-electron chi connectivity index (χ4n) is 3.43. The molecule has 1 unspecified atom stereocenters. The third kappa shape index (κ3) is 4.42. The molecule has 1 fully saturated rings. The molecule has 0 saturated carbocycles. The van der Waals surface area contributed by atoms with E-state index in [0.29, 0.717) is 31.1 Å². The summed E-state index contributed by atoms with van der Waals surface area (Å²) in [6.45, 7) is 8.61. The van der Waals surface area contributed by atoms with Gasteiger partial charge in [0.25, 0.3) is 0 Å². The lowest BCUT2D eigenvalue weighted by atomic mass is 10.0. The molecule has 8 heteroatoms. The molecular formula is C21H28N4O4. The van der Waals surface area contributed by atoms with Gasteiger partial charge in [-0.15, -0.1) is 0 Å². The Morgan fingerprint density at radius 3 is 2.59 bits per heavy atom. The van der Waals surface area contributed by atoms with Gasteiger partial charge in [0.05, 0.1) is 42.8 Å². The first-order valence-corrected chi connectivity index (χ1v) is 9.77. The van der Waals surface area contributed by atoms with Gasteiger partial charge in [0.1, 0.15) is 0 Å². The number of hydrogen-bond donors (Lipinski definition) is 1. The van der Waals surface area contributed by atoms with E-state index in [-0.39, 0.29) is 24.1 Å². The minimum atomic E-state index is -0.438. The highest BCUT2D eigenvalue weighted by molar-refractivity contribution is 6.11. The number of fused-ring (bicyclic) bond motifs is 1. The molecule has 1 saturated heterocycles. The number of anilines is 2. The number of rotatable bonds is 4. The third-order valence-electron chi connectivity index (χ3n) is 4.87. The number of allylic oxidation sites excluding steroid dienone is 1. The van der Waals surface area contributed by atoms with Gasteiger partial charge in [-0.1, -0.05) is 6.07 Å². The third-order valence-corrected chi connectivity index (χ3v) is 4.87. The topological polar surface area (TPSA) is 97.5 Å². The maximum absolute atomic E-state index is 12.7. The van der Waals surface area contributed by atoms with Gasteiger partial charge < -0.3 is 20.1 Å². The van der Waals surface area contributed by atoms with E-state index in [1.165, 1.54) is 13.1 Å². The van der Waals surface area contributed by atoms with Crippen LogP contribution in [0.3, 0.4) is 0 Å². The van der Waals surface area contributed by atoms with Gasteiger partial charge in [0.2, 0.25) is 5.91 Å². The fourth-order valence-corrected chi connectivity index (χ4v) is 3.43. The zero-order chi connectivity index (χ0) is 21.1. The van der Waals surface area contributed by atoms with Crippen molar-refractivity contribution in [1.82, 2.24) is 0 Å². The number of amides is 2. The molecule has 1 aromatic carbocycles. The average molecular weight is 400 g/mol. The summed E-state index contributed by atoms with van der Waals surface area (Å²) < 4.78 is 10.6. The van der Waals surface area contributed by atoms with Crippen LogP contribution >= 0.6 is 0 Å². The highest BCUT2D eigenvalue weighted by Gasteiger charge is 2.34. The Hall–Kier alpha value is -2.87. The van der Waals surface area contributed by atoms with Crippen molar-refractivity contribution in [2.45, 2.75) is 45.9 Å². The molecule has 1 atom stereocenters. The minimum absolute atomic E-state index is 0.0792. The zero-order valence-electron chi connectivity index (χ0n) is 17.3. The predicted octanol–water partition coefficient (Wildman–Crippen LogP) is 2.56. The first-order chi connectivity index (χ1) is 13.8. The van der Waals surface area contributed by atoms with E-state index in [9.17, 15) is 9.59 Å². The van der Waals surface area contributed by atoms with E-state index in [0.717, 1.165) is 11.1 Å². The molecule has 2 aliphatic heterocycles. The molecule has 29 heavy (non-hydrogen) atoms. The Bertz CT molecular complexity index is 845. The number of nitrogens with two attached hydrogens (primary N) is 1. The van der Waals surface area contributed by atoms with Crippen molar-refractivity contribution in [1.29, 1.82) is 0 Å². The molecule has 0 spiro atoms. The second-order valence-corrected chi connectivity index (χ2v) is 7.58. The summed E-state index contributed by atoms with van der Waals surface area (Å²) in [6, 6.07) is 5.53. The summed E-state index contributed by atoms with van der Waals surface area (Å²) in [5.41, 5.74) is 8.64. The molecule has 2 amide bonds. The van der Waals surface area contributed by atoms with Crippen molar-refractivity contribution in [3.05, 3.63) is 30.0 Å². The normalized spacial score (nSPS) is 20.0. The molecule has 0 aromatic heterocycles. The van der Waals surface area contributed by atoms with Gasteiger partial charge in [-0.25, -0.2) is 4.79 Å². The van der Waals surface area contributed by atoms with E-state index in [1.54, 1.807) is 29.9 Å². The van der Waals surface area contributed by atoms with Crippen LogP contribution in [0.2, 0.25) is 0 Å². The lowest BCUT2D eigenvalue weighted by molar-refractivity contribution is -0.117. The van der Waals surface area contributed by atoms with Crippen LogP contribution in [0.1, 0.15) is 33.3 Å². The van der Waals surface area contributed by atoms with Gasteiger partial charge in [-0.3, -0.25) is 14.7 Å². The number of ether oxygens (including phenoxy) is 2. The number of nitrogens with zero attached hydrogens (tertiary/aromatic N) is 3.